The van der Waals surface area contributed by atoms with Gasteiger partial charge in [0.25, 0.3) is 5.69 Å². The molecule has 0 spiro atoms. The molecule has 1 heterocycles. The molecule has 0 radical (unpaired) electrons. The van der Waals surface area contributed by atoms with Gasteiger partial charge < -0.3 is 10.4 Å². The molecule has 1 aromatic heterocycles. The highest BCUT2D eigenvalue weighted by molar-refractivity contribution is 5.56. The van der Waals surface area contributed by atoms with Crippen LogP contribution in [0.5, 0.6) is 0 Å². The molecule has 0 aliphatic carbocycles. The number of aliphatic hydroxyl groups is 1. The quantitative estimate of drug-likeness (QED) is 0.598. The first kappa shape index (κ1) is 14.9. The number of aliphatic hydroxyl groups excluding tert-OH is 1. The van der Waals surface area contributed by atoms with Gasteiger partial charge in [0.05, 0.1) is 4.92 Å². The molecule has 19 heavy (non-hydrogen) atoms. The molecule has 0 fully saturated rings. The highest BCUT2D eigenvalue weighted by Crippen LogP contribution is 2.24. The van der Waals surface area contributed by atoms with Crippen LogP contribution in [0.2, 0.25) is 0 Å². The first-order valence-electron chi connectivity index (χ1n) is 5.89. The van der Waals surface area contributed by atoms with Crippen molar-refractivity contribution in [1.29, 1.82) is 5.26 Å². The van der Waals surface area contributed by atoms with Crippen LogP contribution in [0, 0.1) is 21.4 Å². The van der Waals surface area contributed by atoms with Crippen molar-refractivity contribution in [2.24, 2.45) is 0 Å². The lowest BCUT2D eigenvalue weighted by atomic mass is 9.94. The fourth-order valence-corrected chi connectivity index (χ4v) is 1.60. The second-order valence-corrected chi connectivity index (χ2v) is 4.47. The van der Waals surface area contributed by atoms with Crippen LogP contribution in [0.4, 0.5) is 11.5 Å². The maximum absolute atomic E-state index is 10.6. The molecule has 7 nitrogen and oxygen atoms in total. The Labute approximate surface area is 111 Å². The molecule has 1 atom stereocenters. The second-order valence-electron chi connectivity index (χ2n) is 4.47. The number of hydrogen-bond acceptors (Lipinski definition) is 6. The number of nitrogens with zero attached hydrogens (tertiary/aromatic N) is 3. The van der Waals surface area contributed by atoms with Gasteiger partial charge in [-0.15, -0.1) is 0 Å². The summed E-state index contributed by atoms with van der Waals surface area (Å²) in [4.78, 5) is 14.0. The number of nitriles is 1. The molecule has 0 amide bonds. The predicted molar refractivity (Wildman–Crippen MR) is 69.6 cm³/mol. The molecule has 1 aromatic rings. The SMILES string of the molecule is CCC(C)(CCO)Nc1ncc([N+](=O)[O-])cc1C#N. The average Bonchev–Trinajstić information content (AvgIpc) is 2.39. The summed E-state index contributed by atoms with van der Waals surface area (Å²) in [7, 11) is 0. The Morgan fingerprint density at radius 3 is 2.84 bits per heavy atom. The second kappa shape index (κ2) is 6.11. The molecule has 0 bridgehead atoms. The van der Waals surface area contributed by atoms with E-state index in [1.165, 1.54) is 6.07 Å². The fraction of sp³-hybridized carbons (Fsp3) is 0.500. The van der Waals surface area contributed by atoms with E-state index in [0.29, 0.717) is 12.2 Å². The lowest BCUT2D eigenvalue weighted by Gasteiger charge is -2.29. The Morgan fingerprint density at radius 2 is 2.37 bits per heavy atom. The van der Waals surface area contributed by atoms with E-state index in [2.05, 4.69) is 10.3 Å². The zero-order valence-electron chi connectivity index (χ0n) is 10.9. The Hall–Kier alpha value is -2.20. The summed E-state index contributed by atoms with van der Waals surface area (Å²) in [6, 6.07) is 3.07. The van der Waals surface area contributed by atoms with Crippen molar-refractivity contribution < 1.29 is 10.0 Å². The van der Waals surface area contributed by atoms with Crippen LogP contribution in [0.25, 0.3) is 0 Å². The average molecular weight is 264 g/mol. The van der Waals surface area contributed by atoms with E-state index in [-0.39, 0.29) is 17.9 Å². The Bertz CT molecular complexity index is 512. The molecule has 0 aliphatic heterocycles. The summed E-state index contributed by atoms with van der Waals surface area (Å²) >= 11 is 0. The highest BCUT2D eigenvalue weighted by Gasteiger charge is 2.23. The van der Waals surface area contributed by atoms with Crippen molar-refractivity contribution in [2.45, 2.75) is 32.2 Å². The van der Waals surface area contributed by atoms with Crippen LogP contribution < -0.4 is 5.32 Å². The van der Waals surface area contributed by atoms with Crippen molar-refractivity contribution in [3.8, 4) is 6.07 Å². The topological polar surface area (TPSA) is 112 Å². The van der Waals surface area contributed by atoms with Crippen molar-refractivity contribution >= 4 is 11.5 Å². The smallest absolute Gasteiger partial charge is 0.289 e. The number of nitro groups is 1. The van der Waals surface area contributed by atoms with E-state index < -0.39 is 10.5 Å². The van der Waals surface area contributed by atoms with Gasteiger partial charge in [-0.3, -0.25) is 10.1 Å². The van der Waals surface area contributed by atoms with Gasteiger partial charge in [0, 0.05) is 18.2 Å². The largest absolute Gasteiger partial charge is 0.396 e. The number of aromatic nitrogens is 1. The third kappa shape index (κ3) is 3.63. The number of rotatable bonds is 6. The van der Waals surface area contributed by atoms with Gasteiger partial charge in [0.1, 0.15) is 23.6 Å². The zero-order valence-corrected chi connectivity index (χ0v) is 10.9. The third-order valence-electron chi connectivity index (χ3n) is 3.07. The van der Waals surface area contributed by atoms with E-state index in [0.717, 1.165) is 12.6 Å². The maximum Gasteiger partial charge on any atom is 0.289 e. The summed E-state index contributed by atoms with van der Waals surface area (Å²) < 4.78 is 0. The lowest BCUT2D eigenvalue weighted by Crippen LogP contribution is -2.35. The van der Waals surface area contributed by atoms with E-state index >= 15 is 0 Å². The fourth-order valence-electron chi connectivity index (χ4n) is 1.60. The Morgan fingerprint density at radius 1 is 1.68 bits per heavy atom. The molecule has 0 aliphatic rings. The van der Waals surface area contributed by atoms with E-state index in [1.54, 1.807) is 0 Å². The minimum atomic E-state index is -0.593. The van der Waals surface area contributed by atoms with Gasteiger partial charge >= 0.3 is 0 Å². The summed E-state index contributed by atoms with van der Waals surface area (Å²) in [5, 5.41) is 31.8. The molecular weight excluding hydrogens is 248 g/mol. The summed E-state index contributed by atoms with van der Waals surface area (Å²) in [6.07, 6.45) is 2.32. The molecule has 0 saturated heterocycles. The standard InChI is InChI=1S/C12H16N4O3/c1-3-12(2,4-5-17)15-11-9(7-13)6-10(8-14-11)16(18)19/h6,8,17H,3-5H2,1-2H3,(H,14,15). The highest BCUT2D eigenvalue weighted by atomic mass is 16.6. The van der Waals surface area contributed by atoms with Gasteiger partial charge in [0.15, 0.2) is 0 Å². The molecule has 2 N–H and O–H groups in total. The van der Waals surface area contributed by atoms with Gasteiger partial charge in [-0.2, -0.15) is 5.26 Å². The molecule has 0 aromatic carbocycles. The van der Waals surface area contributed by atoms with Gasteiger partial charge in [-0.05, 0) is 19.8 Å². The van der Waals surface area contributed by atoms with Crippen LogP contribution >= 0.6 is 0 Å². The molecule has 0 saturated carbocycles. The minimum absolute atomic E-state index is 0.00616. The van der Waals surface area contributed by atoms with Crippen LogP contribution in [-0.2, 0) is 0 Å². The molecule has 1 unspecified atom stereocenters. The van der Waals surface area contributed by atoms with Crippen molar-refractivity contribution in [1.82, 2.24) is 4.98 Å². The number of nitrogens with one attached hydrogen (secondary N) is 1. The van der Waals surface area contributed by atoms with Crippen molar-refractivity contribution in [3.63, 3.8) is 0 Å². The Balaban J connectivity index is 3.08. The number of pyridine rings is 1. The predicted octanol–water partition coefficient (Wildman–Crippen LogP) is 1.82. The minimum Gasteiger partial charge on any atom is -0.396 e. The van der Waals surface area contributed by atoms with Crippen LogP contribution in [0.1, 0.15) is 32.3 Å². The summed E-state index contributed by atoms with van der Waals surface area (Å²) in [5.41, 5.74) is -0.516. The summed E-state index contributed by atoms with van der Waals surface area (Å²) in [5.74, 6) is 0.297. The zero-order chi connectivity index (χ0) is 14.5. The normalized spacial score (nSPS) is 13.4. The summed E-state index contributed by atoms with van der Waals surface area (Å²) in [6.45, 7) is 3.85. The van der Waals surface area contributed by atoms with Crippen molar-refractivity contribution in [3.05, 3.63) is 27.9 Å². The van der Waals surface area contributed by atoms with E-state index in [9.17, 15) is 10.1 Å². The van der Waals surface area contributed by atoms with Gasteiger partial charge in [-0.25, -0.2) is 4.98 Å². The monoisotopic (exact) mass is 264 g/mol. The van der Waals surface area contributed by atoms with Crippen LogP contribution in [-0.4, -0.2) is 27.2 Å². The van der Waals surface area contributed by atoms with E-state index in [4.69, 9.17) is 10.4 Å². The maximum atomic E-state index is 10.6. The first-order valence-corrected chi connectivity index (χ1v) is 5.89. The molecule has 102 valence electrons. The molecule has 7 heteroatoms. The third-order valence-corrected chi connectivity index (χ3v) is 3.07. The van der Waals surface area contributed by atoms with E-state index in [1.807, 2.05) is 19.9 Å². The Kier molecular flexibility index (Phi) is 4.78. The van der Waals surface area contributed by atoms with Crippen molar-refractivity contribution in [2.75, 3.05) is 11.9 Å². The van der Waals surface area contributed by atoms with Gasteiger partial charge in [0.2, 0.25) is 0 Å². The lowest BCUT2D eigenvalue weighted by molar-refractivity contribution is -0.385. The van der Waals surface area contributed by atoms with Crippen LogP contribution in [0.3, 0.4) is 0 Å². The van der Waals surface area contributed by atoms with Crippen LogP contribution in [0.15, 0.2) is 12.3 Å². The molecular formula is C12H16N4O3. The van der Waals surface area contributed by atoms with Gasteiger partial charge in [-0.1, -0.05) is 6.92 Å². The number of hydrogen-bond donors (Lipinski definition) is 2. The first-order chi connectivity index (χ1) is 8.95. The molecule has 1 rings (SSSR count). The number of anilines is 1.